The van der Waals surface area contributed by atoms with Gasteiger partial charge >= 0.3 is 0 Å². The van der Waals surface area contributed by atoms with Crippen molar-refractivity contribution in [1.29, 1.82) is 0 Å². The highest BCUT2D eigenvalue weighted by atomic mass is 16.2. The van der Waals surface area contributed by atoms with E-state index in [1.807, 2.05) is 48.9 Å². The first-order valence-electron chi connectivity index (χ1n) is 12.4. The Bertz CT molecular complexity index is 1200. The molecule has 4 aromatic rings. The quantitative estimate of drug-likeness (QED) is 0.361. The van der Waals surface area contributed by atoms with Gasteiger partial charge in [-0.15, -0.1) is 0 Å². The molecule has 5 nitrogen and oxygen atoms in total. The van der Waals surface area contributed by atoms with Crippen molar-refractivity contribution >= 4 is 11.6 Å². The van der Waals surface area contributed by atoms with Crippen LogP contribution in [0.3, 0.4) is 0 Å². The van der Waals surface area contributed by atoms with Crippen molar-refractivity contribution in [2.24, 2.45) is 0 Å². The molecule has 1 aliphatic rings. The van der Waals surface area contributed by atoms with Gasteiger partial charge in [-0.05, 0) is 36.1 Å². The van der Waals surface area contributed by atoms with E-state index in [0.29, 0.717) is 13.0 Å². The van der Waals surface area contributed by atoms with Crippen molar-refractivity contribution in [2.45, 2.75) is 38.4 Å². The summed E-state index contributed by atoms with van der Waals surface area (Å²) in [5.41, 5.74) is 4.59. The second-order valence-corrected chi connectivity index (χ2v) is 9.24. The maximum absolute atomic E-state index is 13.7. The molecule has 0 unspecified atom stereocenters. The number of carbonyl (C=O) groups is 1. The first kappa shape index (κ1) is 22.9. The average Bonchev–Trinajstić information content (AvgIpc) is 3.35. The van der Waals surface area contributed by atoms with Crippen molar-refractivity contribution in [3.05, 3.63) is 120 Å². The SMILES string of the molecule is O=C(Cc1cncn1Cc1ccccc1)N(Cc1ccccc1)C1CCN(c2ccccc2)CC1. The van der Waals surface area contributed by atoms with Crippen LogP contribution in [-0.2, 0) is 24.3 Å². The molecule has 0 saturated carbocycles. The monoisotopic (exact) mass is 464 g/mol. The molecule has 1 fully saturated rings. The normalized spacial score (nSPS) is 14.1. The zero-order valence-electron chi connectivity index (χ0n) is 20.0. The molecule has 3 aromatic carbocycles. The van der Waals surface area contributed by atoms with E-state index in [2.05, 4.69) is 73.9 Å². The van der Waals surface area contributed by atoms with Crippen molar-refractivity contribution in [2.75, 3.05) is 18.0 Å². The minimum absolute atomic E-state index is 0.168. The summed E-state index contributed by atoms with van der Waals surface area (Å²) in [7, 11) is 0. The Morgan fingerprint density at radius 2 is 1.43 bits per heavy atom. The molecule has 178 valence electrons. The van der Waals surface area contributed by atoms with Crippen molar-refractivity contribution in [3.8, 4) is 0 Å². The van der Waals surface area contributed by atoms with E-state index in [1.165, 1.54) is 16.8 Å². The van der Waals surface area contributed by atoms with Gasteiger partial charge in [0.25, 0.3) is 0 Å². The molecular weight excluding hydrogens is 432 g/mol. The van der Waals surface area contributed by atoms with Crippen LogP contribution in [-0.4, -0.2) is 39.5 Å². The standard InChI is InChI=1S/C30H32N4O/c35-30(20-29-21-31-24-33(29)22-25-10-4-1-5-11-25)34(23-26-12-6-2-7-13-26)28-16-18-32(19-17-28)27-14-8-3-9-15-27/h1-15,21,24,28H,16-20,22-23H2. The number of anilines is 1. The fourth-order valence-electron chi connectivity index (χ4n) is 4.95. The number of benzene rings is 3. The number of hydrogen-bond acceptors (Lipinski definition) is 3. The van der Waals surface area contributed by atoms with Crippen LogP contribution < -0.4 is 4.90 Å². The molecule has 5 heteroatoms. The molecule has 1 amide bonds. The molecular formula is C30H32N4O. The molecule has 35 heavy (non-hydrogen) atoms. The van der Waals surface area contributed by atoms with Gasteiger partial charge in [0.15, 0.2) is 0 Å². The third kappa shape index (κ3) is 5.80. The second-order valence-electron chi connectivity index (χ2n) is 9.24. The summed E-state index contributed by atoms with van der Waals surface area (Å²) in [4.78, 5) is 22.6. The fraction of sp³-hybridized carbons (Fsp3) is 0.267. The molecule has 0 aliphatic carbocycles. The Balaban J connectivity index is 1.30. The van der Waals surface area contributed by atoms with Gasteiger partial charge in [-0.3, -0.25) is 4.79 Å². The van der Waals surface area contributed by atoms with Crippen LogP contribution in [0.2, 0.25) is 0 Å². The minimum atomic E-state index is 0.168. The highest BCUT2D eigenvalue weighted by molar-refractivity contribution is 5.78. The third-order valence-electron chi connectivity index (χ3n) is 6.87. The van der Waals surface area contributed by atoms with Crippen LogP contribution in [0, 0.1) is 0 Å². The minimum Gasteiger partial charge on any atom is -0.371 e. The summed E-state index contributed by atoms with van der Waals surface area (Å²) in [6.45, 7) is 3.28. The fourth-order valence-corrected chi connectivity index (χ4v) is 4.95. The van der Waals surface area contributed by atoms with Crippen LogP contribution in [0.4, 0.5) is 5.69 Å². The first-order valence-corrected chi connectivity index (χ1v) is 12.4. The van der Waals surface area contributed by atoms with Gasteiger partial charge in [0.1, 0.15) is 0 Å². The van der Waals surface area contributed by atoms with E-state index >= 15 is 0 Å². The zero-order valence-corrected chi connectivity index (χ0v) is 20.0. The van der Waals surface area contributed by atoms with Crippen LogP contribution in [0.25, 0.3) is 0 Å². The van der Waals surface area contributed by atoms with Crippen molar-refractivity contribution < 1.29 is 4.79 Å². The summed E-state index contributed by atoms with van der Waals surface area (Å²) in [6, 6.07) is 31.4. The zero-order chi connectivity index (χ0) is 23.9. The summed E-state index contributed by atoms with van der Waals surface area (Å²) < 4.78 is 2.09. The maximum Gasteiger partial charge on any atom is 0.229 e. The van der Waals surface area contributed by atoms with Gasteiger partial charge in [-0.2, -0.15) is 0 Å². The van der Waals surface area contributed by atoms with Gasteiger partial charge in [0, 0.05) is 49.8 Å². The second kappa shape index (κ2) is 11.0. The Labute approximate surface area is 207 Å². The third-order valence-corrected chi connectivity index (χ3v) is 6.87. The number of aromatic nitrogens is 2. The molecule has 0 atom stereocenters. The van der Waals surface area contributed by atoms with Crippen LogP contribution in [0.1, 0.15) is 29.7 Å². The van der Waals surface area contributed by atoms with Crippen molar-refractivity contribution in [3.63, 3.8) is 0 Å². The summed E-state index contributed by atoms with van der Waals surface area (Å²) in [6.07, 6.45) is 5.96. The van der Waals surface area contributed by atoms with E-state index < -0.39 is 0 Å². The molecule has 5 rings (SSSR count). The molecule has 2 heterocycles. The number of nitrogens with zero attached hydrogens (tertiary/aromatic N) is 4. The predicted molar refractivity (Wildman–Crippen MR) is 140 cm³/mol. The lowest BCUT2D eigenvalue weighted by molar-refractivity contribution is -0.134. The van der Waals surface area contributed by atoms with Crippen LogP contribution >= 0.6 is 0 Å². The molecule has 1 saturated heterocycles. The van der Waals surface area contributed by atoms with E-state index in [1.54, 1.807) is 0 Å². The largest absolute Gasteiger partial charge is 0.371 e. The lowest BCUT2D eigenvalue weighted by atomic mass is 10.0. The van der Waals surface area contributed by atoms with Crippen LogP contribution in [0.5, 0.6) is 0 Å². The van der Waals surface area contributed by atoms with E-state index in [9.17, 15) is 4.79 Å². The van der Waals surface area contributed by atoms with Gasteiger partial charge in [-0.1, -0.05) is 78.9 Å². The number of carbonyl (C=O) groups excluding carboxylic acids is 1. The first-order chi connectivity index (χ1) is 17.3. The van der Waals surface area contributed by atoms with Gasteiger partial charge in [-0.25, -0.2) is 4.98 Å². The Morgan fingerprint density at radius 3 is 2.09 bits per heavy atom. The van der Waals surface area contributed by atoms with Gasteiger partial charge < -0.3 is 14.4 Å². The smallest absolute Gasteiger partial charge is 0.229 e. The van der Waals surface area contributed by atoms with Gasteiger partial charge in [0.05, 0.1) is 12.7 Å². The lowest BCUT2D eigenvalue weighted by Crippen LogP contribution is -2.47. The Kier molecular flexibility index (Phi) is 7.23. The Morgan fingerprint density at radius 1 is 0.829 bits per heavy atom. The summed E-state index contributed by atoms with van der Waals surface area (Å²) in [5, 5.41) is 0. The maximum atomic E-state index is 13.7. The lowest BCUT2D eigenvalue weighted by Gasteiger charge is -2.39. The van der Waals surface area contributed by atoms with Crippen molar-refractivity contribution in [1.82, 2.24) is 14.5 Å². The molecule has 1 aliphatic heterocycles. The van der Waals surface area contributed by atoms with E-state index in [0.717, 1.165) is 38.2 Å². The number of rotatable bonds is 8. The topological polar surface area (TPSA) is 41.4 Å². The number of imidazole rings is 1. The molecule has 0 N–H and O–H groups in total. The molecule has 0 spiro atoms. The number of hydrogen-bond donors (Lipinski definition) is 0. The van der Waals surface area contributed by atoms with Crippen LogP contribution in [0.15, 0.2) is 104 Å². The van der Waals surface area contributed by atoms with E-state index in [4.69, 9.17) is 0 Å². The van der Waals surface area contributed by atoms with Gasteiger partial charge in [0.2, 0.25) is 5.91 Å². The summed E-state index contributed by atoms with van der Waals surface area (Å²) >= 11 is 0. The number of piperidine rings is 1. The predicted octanol–water partition coefficient (Wildman–Crippen LogP) is 5.17. The highest BCUT2D eigenvalue weighted by Crippen LogP contribution is 2.24. The molecule has 0 bridgehead atoms. The van der Waals surface area contributed by atoms with E-state index in [-0.39, 0.29) is 11.9 Å². The Hall–Kier alpha value is -3.86. The number of para-hydroxylation sites is 1. The molecule has 0 radical (unpaired) electrons. The number of amides is 1. The highest BCUT2D eigenvalue weighted by Gasteiger charge is 2.28. The average molecular weight is 465 g/mol. The molecule has 1 aromatic heterocycles. The summed E-state index contributed by atoms with van der Waals surface area (Å²) in [5.74, 6) is 0.168.